The van der Waals surface area contributed by atoms with Crippen molar-refractivity contribution in [2.24, 2.45) is 11.8 Å². The number of carbonyl (C=O) groups is 3. The van der Waals surface area contributed by atoms with E-state index in [0.29, 0.717) is 6.42 Å². The second kappa shape index (κ2) is 4.35. The van der Waals surface area contributed by atoms with Crippen molar-refractivity contribution in [1.29, 1.82) is 0 Å². The molecule has 0 spiro atoms. The van der Waals surface area contributed by atoms with Crippen molar-refractivity contribution in [3.63, 3.8) is 0 Å². The molecule has 2 atom stereocenters. The van der Waals surface area contributed by atoms with Gasteiger partial charge >= 0.3 is 5.97 Å². The standard InChI is InChI=1S/C10H14O4/c1-3-14-10(13)9-6(2)4-7(11)5-8(9)12/h6,9H,3-5H2,1-2H3/t6-,9-/m1/s1. The SMILES string of the molecule is CCOC(=O)[C@H]1C(=O)CC(=O)C[C@H]1C. The maximum Gasteiger partial charge on any atom is 0.316 e. The van der Waals surface area contributed by atoms with E-state index in [1.165, 1.54) is 0 Å². The van der Waals surface area contributed by atoms with E-state index in [0.717, 1.165) is 0 Å². The Kier molecular flexibility index (Phi) is 3.38. The van der Waals surface area contributed by atoms with Crippen LogP contribution in [0.5, 0.6) is 0 Å². The lowest BCUT2D eigenvalue weighted by Gasteiger charge is -2.24. The van der Waals surface area contributed by atoms with Gasteiger partial charge in [0.1, 0.15) is 11.7 Å². The maximum absolute atomic E-state index is 11.4. The molecule has 0 aromatic carbocycles. The predicted molar refractivity (Wildman–Crippen MR) is 48.5 cm³/mol. The van der Waals surface area contributed by atoms with Gasteiger partial charge in [-0.2, -0.15) is 0 Å². The summed E-state index contributed by atoms with van der Waals surface area (Å²) in [6.07, 6.45) is 0.184. The van der Waals surface area contributed by atoms with Crippen LogP contribution in [0.2, 0.25) is 0 Å². The first-order valence-electron chi connectivity index (χ1n) is 4.77. The lowest BCUT2D eigenvalue weighted by molar-refractivity contribution is -0.155. The van der Waals surface area contributed by atoms with E-state index in [4.69, 9.17) is 4.74 Å². The minimum Gasteiger partial charge on any atom is -0.465 e. The highest BCUT2D eigenvalue weighted by Gasteiger charge is 2.39. The Morgan fingerprint density at radius 3 is 2.64 bits per heavy atom. The normalized spacial score (nSPS) is 27.6. The lowest BCUT2D eigenvalue weighted by Crippen LogP contribution is -2.38. The van der Waals surface area contributed by atoms with Crippen LogP contribution in [0.15, 0.2) is 0 Å². The van der Waals surface area contributed by atoms with Crippen molar-refractivity contribution in [3.05, 3.63) is 0 Å². The van der Waals surface area contributed by atoms with Gasteiger partial charge in [-0.05, 0) is 12.8 Å². The molecule has 1 aliphatic carbocycles. The van der Waals surface area contributed by atoms with Crippen molar-refractivity contribution < 1.29 is 19.1 Å². The number of hydrogen-bond acceptors (Lipinski definition) is 4. The minimum atomic E-state index is -0.729. The van der Waals surface area contributed by atoms with Crippen LogP contribution in [0.25, 0.3) is 0 Å². The Bertz CT molecular complexity index is 269. The first-order valence-corrected chi connectivity index (χ1v) is 4.77. The Balaban J connectivity index is 2.71. The average molecular weight is 198 g/mol. The van der Waals surface area contributed by atoms with Gasteiger partial charge in [0.2, 0.25) is 0 Å². The third-order valence-electron chi connectivity index (χ3n) is 2.38. The molecule has 0 N–H and O–H groups in total. The molecule has 0 aromatic rings. The zero-order valence-corrected chi connectivity index (χ0v) is 8.41. The highest BCUT2D eigenvalue weighted by atomic mass is 16.5. The van der Waals surface area contributed by atoms with E-state index in [2.05, 4.69) is 0 Å². The molecule has 0 radical (unpaired) electrons. The number of carbonyl (C=O) groups excluding carboxylic acids is 3. The maximum atomic E-state index is 11.4. The van der Waals surface area contributed by atoms with Gasteiger partial charge in [-0.1, -0.05) is 6.92 Å². The summed E-state index contributed by atoms with van der Waals surface area (Å²) in [5.41, 5.74) is 0. The van der Waals surface area contributed by atoms with E-state index < -0.39 is 11.9 Å². The molecule has 1 aliphatic rings. The summed E-state index contributed by atoms with van der Waals surface area (Å²) >= 11 is 0. The van der Waals surface area contributed by atoms with Gasteiger partial charge in [-0.3, -0.25) is 14.4 Å². The third kappa shape index (κ3) is 2.19. The highest BCUT2D eigenvalue weighted by Crippen LogP contribution is 2.25. The van der Waals surface area contributed by atoms with Crippen molar-refractivity contribution in [2.45, 2.75) is 26.7 Å². The van der Waals surface area contributed by atoms with Gasteiger partial charge < -0.3 is 4.74 Å². The minimum absolute atomic E-state index is 0.0805. The molecule has 0 saturated heterocycles. The van der Waals surface area contributed by atoms with E-state index in [1.807, 2.05) is 0 Å². The molecule has 4 nitrogen and oxygen atoms in total. The fourth-order valence-electron chi connectivity index (χ4n) is 1.77. The van der Waals surface area contributed by atoms with Crippen molar-refractivity contribution in [3.8, 4) is 0 Å². The van der Waals surface area contributed by atoms with Crippen molar-refractivity contribution in [2.75, 3.05) is 6.61 Å². The van der Waals surface area contributed by atoms with Crippen LogP contribution in [-0.2, 0) is 19.1 Å². The third-order valence-corrected chi connectivity index (χ3v) is 2.38. The van der Waals surface area contributed by atoms with E-state index in [1.54, 1.807) is 13.8 Å². The van der Waals surface area contributed by atoms with Gasteiger partial charge in [0.05, 0.1) is 13.0 Å². The summed E-state index contributed by atoms with van der Waals surface area (Å²) in [5, 5.41) is 0. The van der Waals surface area contributed by atoms with Gasteiger partial charge in [0, 0.05) is 6.42 Å². The Morgan fingerprint density at radius 1 is 1.50 bits per heavy atom. The molecule has 0 heterocycles. The molecule has 0 amide bonds. The van der Waals surface area contributed by atoms with Crippen LogP contribution < -0.4 is 0 Å². The van der Waals surface area contributed by atoms with Gasteiger partial charge in [-0.15, -0.1) is 0 Å². The summed E-state index contributed by atoms with van der Waals surface area (Å²) in [5.74, 6) is -1.82. The molecule has 4 heteroatoms. The number of Topliss-reactive ketones (excluding diaryl/α,β-unsaturated/α-hetero) is 2. The fourth-order valence-corrected chi connectivity index (χ4v) is 1.77. The molecular weight excluding hydrogens is 184 g/mol. The number of rotatable bonds is 2. The predicted octanol–water partition coefficient (Wildman–Crippen LogP) is 0.734. The molecule has 78 valence electrons. The molecule has 14 heavy (non-hydrogen) atoms. The Labute approximate surface area is 82.6 Å². The largest absolute Gasteiger partial charge is 0.465 e. The van der Waals surface area contributed by atoms with E-state index >= 15 is 0 Å². The van der Waals surface area contributed by atoms with Crippen LogP contribution in [-0.4, -0.2) is 24.1 Å². The first kappa shape index (κ1) is 10.9. The lowest BCUT2D eigenvalue weighted by atomic mass is 9.79. The Hall–Kier alpha value is -1.19. The van der Waals surface area contributed by atoms with Crippen molar-refractivity contribution in [1.82, 2.24) is 0 Å². The average Bonchev–Trinajstić information content (AvgIpc) is 2.01. The van der Waals surface area contributed by atoms with Gasteiger partial charge in [0.25, 0.3) is 0 Å². The summed E-state index contributed by atoms with van der Waals surface area (Å²) in [4.78, 5) is 33.8. The first-order chi connectivity index (χ1) is 6.56. The second-order valence-electron chi connectivity index (χ2n) is 3.59. The van der Waals surface area contributed by atoms with Crippen molar-refractivity contribution >= 4 is 17.5 Å². The zero-order valence-electron chi connectivity index (χ0n) is 8.41. The van der Waals surface area contributed by atoms with Crippen LogP contribution in [0.1, 0.15) is 26.7 Å². The summed E-state index contributed by atoms with van der Waals surface area (Å²) in [6.45, 7) is 3.70. The zero-order chi connectivity index (χ0) is 10.7. The second-order valence-corrected chi connectivity index (χ2v) is 3.59. The molecule has 0 aromatic heterocycles. The highest BCUT2D eigenvalue weighted by molar-refractivity contribution is 6.10. The van der Waals surface area contributed by atoms with Crippen LogP contribution >= 0.6 is 0 Å². The molecule has 0 aliphatic heterocycles. The quantitative estimate of drug-likeness (QED) is 0.485. The molecule has 1 saturated carbocycles. The van der Waals surface area contributed by atoms with Crippen LogP contribution in [0, 0.1) is 11.8 Å². The van der Waals surface area contributed by atoms with Gasteiger partial charge in [0.15, 0.2) is 5.78 Å². The number of ether oxygens (including phenoxy) is 1. The summed E-state index contributed by atoms with van der Waals surface area (Å²) in [7, 11) is 0. The molecule has 1 fully saturated rings. The number of hydrogen-bond donors (Lipinski definition) is 0. The Morgan fingerprint density at radius 2 is 2.14 bits per heavy atom. The summed E-state index contributed by atoms with van der Waals surface area (Å²) in [6, 6.07) is 0. The molecule has 0 bridgehead atoms. The van der Waals surface area contributed by atoms with E-state index in [9.17, 15) is 14.4 Å². The van der Waals surface area contributed by atoms with Gasteiger partial charge in [-0.25, -0.2) is 0 Å². The molecule has 0 unspecified atom stereocenters. The fraction of sp³-hybridized carbons (Fsp3) is 0.700. The molecular formula is C10H14O4. The molecule has 1 rings (SSSR count). The van der Waals surface area contributed by atoms with Crippen LogP contribution in [0.3, 0.4) is 0 Å². The number of ketones is 2. The topological polar surface area (TPSA) is 60.4 Å². The monoisotopic (exact) mass is 198 g/mol. The van der Waals surface area contributed by atoms with E-state index in [-0.39, 0.29) is 30.5 Å². The van der Waals surface area contributed by atoms with Crippen LogP contribution in [0.4, 0.5) is 0 Å². The smallest absolute Gasteiger partial charge is 0.316 e. The number of esters is 1. The summed E-state index contributed by atoms with van der Waals surface area (Å²) < 4.78 is 4.79.